The Bertz CT molecular complexity index is 682. The van der Waals surface area contributed by atoms with E-state index in [1.54, 1.807) is 25.1 Å². The Kier molecular flexibility index (Phi) is 2.45. The number of hydrogen-bond donors (Lipinski definition) is 0. The van der Waals surface area contributed by atoms with Gasteiger partial charge < -0.3 is 9.15 Å². The molecule has 1 fully saturated rings. The number of aryl methyl sites for hydroxylation is 1. The number of benzene rings is 1. The van der Waals surface area contributed by atoms with E-state index in [0.717, 1.165) is 0 Å². The quantitative estimate of drug-likeness (QED) is 0.480. The molecule has 1 aromatic heterocycles. The van der Waals surface area contributed by atoms with E-state index in [1.165, 1.54) is 7.11 Å². The van der Waals surface area contributed by atoms with Crippen LogP contribution < -0.4 is 0 Å². The van der Waals surface area contributed by atoms with Crippen molar-refractivity contribution in [3.63, 3.8) is 0 Å². The number of rotatable bonds is 3. The van der Waals surface area contributed by atoms with Crippen LogP contribution in [0.2, 0.25) is 0 Å². The lowest BCUT2D eigenvalue weighted by molar-refractivity contribution is -0.145. The minimum atomic E-state index is -0.975. The maximum atomic E-state index is 12.4. The van der Waals surface area contributed by atoms with Crippen LogP contribution in [0.15, 0.2) is 22.6 Å². The summed E-state index contributed by atoms with van der Waals surface area (Å²) in [6.07, 6.45) is 1.10. The Morgan fingerprint density at radius 3 is 2.74 bits per heavy atom. The standard InChI is InChI=1S/C14H13NO4/c1-8-15-10-4-3-9(7-11(10)19-8)12(16)14(5-6-14)13(17)18-2/h3-4,7H,5-6H2,1-2H3. The summed E-state index contributed by atoms with van der Waals surface area (Å²) in [7, 11) is 1.30. The molecule has 0 radical (unpaired) electrons. The summed E-state index contributed by atoms with van der Waals surface area (Å²) >= 11 is 0. The van der Waals surface area contributed by atoms with Crippen molar-refractivity contribution in [3.05, 3.63) is 29.7 Å². The first kappa shape index (κ1) is 11.9. The molecule has 1 heterocycles. The van der Waals surface area contributed by atoms with E-state index >= 15 is 0 Å². The van der Waals surface area contributed by atoms with Crippen molar-refractivity contribution in [1.29, 1.82) is 0 Å². The van der Waals surface area contributed by atoms with E-state index < -0.39 is 11.4 Å². The third-order valence-electron chi connectivity index (χ3n) is 3.52. The lowest BCUT2D eigenvalue weighted by Gasteiger charge is -2.10. The third-order valence-corrected chi connectivity index (χ3v) is 3.52. The summed E-state index contributed by atoms with van der Waals surface area (Å²) in [5.74, 6) is -0.102. The number of Topliss-reactive ketones (excluding diaryl/α,β-unsaturated/α-hetero) is 1. The minimum Gasteiger partial charge on any atom is -0.468 e. The predicted molar refractivity (Wildman–Crippen MR) is 66.8 cm³/mol. The van der Waals surface area contributed by atoms with Crippen LogP contribution in [0.5, 0.6) is 0 Å². The van der Waals surface area contributed by atoms with Gasteiger partial charge in [-0.3, -0.25) is 9.59 Å². The van der Waals surface area contributed by atoms with Crippen LogP contribution >= 0.6 is 0 Å². The Morgan fingerprint density at radius 1 is 1.37 bits per heavy atom. The van der Waals surface area contributed by atoms with Gasteiger partial charge >= 0.3 is 5.97 Å². The van der Waals surface area contributed by atoms with E-state index in [1.807, 2.05) is 0 Å². The van der Waals surface area contributed by atoms with Crippen molar-refractivity contribution in [3.8, 4) is 0 Å². The molecule has 98 valence electrons. The first-order valence-electron chi connectivity index (χ1n) is 6.07. The number of hydrogen-bond acceptors (Lipinski definition) is 5. The second-order valence-corrected chi connectivity index (χ2v) is 4.82. The van der Waals surface area contributed by atoms with E-state index in [0.29, 0.717) is 35.4 Å². The van der Waals surface area contributed by atoms with Gasteiger partial charge in [0.15, 0.2) is 17.3 Å². The summed E-state index contributed by atoms with van der Waals surface area (Å²) < 4.78 is 10.1. The highest BCUT2D eigenvalue weighted by molar-refractivity contribution is 6.15. The van der Waals surface area contributed by atoms with Gasteiger partial charge in [-0.2, -0.15) is 0 Å². The third kappa shape index (κ3) is 1.73. The molecule has 0 amide bonds. The van der Waals surface area contributed by atoms with Gasteiger partial charge in [0.25, 0.3) is 0 Å². The molecular weight excluding hydrogens is 246 g/mol. The molecule has 5 nitrogen and oxygen atoms in total. The van der Waals surface area contributed by atoms with Crippen LogP contribution in [0.3, 0.4) is 0 Å². The van der Waals surface area contributed by atoms with Gasteiger partial charge in [-0.1, -0.05) is 0 Å². The Balaban J connectivity index is 2.00. The predicted octanol–water partition coefficient (Wildman–Crippen LogP) is 2.27. The topological polar surface area (TPSA) is 69.4 Å². The number of esters is 1. The van der Waals surface area contributed by atoms with Gasteiger partial charge in [0.05, 0.1) is 7.11 Å². The second kappa shape index (κ2) is 3.91. The fourth-order valence-electron chi connectivity index (χ4n) is 2.30. The van der Waals surface area contributed by atoms with Crippen molar-refractivity contribution in [1.82, 2.24) is 4.98 Å². The average molecular weight is 259 g/mol. The molecule has 0 unspecified atom stereocenters. The zero-order valence-corrected chi connectivity index (χ0v) is 10.7. The molecule has 0 saturated heterocycles. The average Bonchev–Trinajstić information content (AvgIpc) is 3.13. The molecular formula is C14H13NO4. The SMILES string of the molecule is COC(=O)C1(C(=O)c2ccc3nc(C)oc3c2)CC1. The highest BCUT2D eigenvalue weighted by Gasteiger charge is 2.57. The maximum absolute atomic E-state index is 12.4. The van der Waals surface area contributed by atoms with Crippen molar-refractivity contribution >= 4 is 22.9 Å². The van der Waals surface area contributed by atoms with Gasteiger partial charge in [0.2, 0.25) is 0 Å². The van der Waals surface area contributed by atoms with Crippen LogP contribution in [0, 0.1) is 12.3 Å². The number of ether oxygens (including phenoxy) is 1. The monoisotopic (exact) mass is 259 g/mol. The first-order chi connectivity index (χ1) is 9.06. The van der Waals surface area contributed by atoms with E-state index in [9.17, 15) is 9.59 Å². The van der Waals surface area contributed by atoms with Crippen molar-refractivity contribution < 1.29 is 18.7 Å². The number of ketones is 1. The van der Waals surface area contributed by atoms with Crippen LogP contribution in [0.25, 0.3) is 11.1 Å². The molecule has 2 aromatic rings. The fraction of sp³-hybridized carbons (Fsp3) is 0.357. The Hall–Kier alpha value is -2.17. The van der Waals surface area contributed by atoms with E-state index in [4.69, 9.17) is 9.15 Å². The molecule has 3 rings (SSSR count). The van der Waals surface area contributed by atoms with Gasteiger partial charge in [0.1, 0.15) is 10.9 Å². The highest BCUT2D eigenvalue weighted by atomic mass is 16.5. The normalized spacial score (nSPS) is 16.3. The summed E-state index contributed by atoms with van der Waals surface area (Å²) in [6.45, 7) is 1.75. The summed E-state index contributed by atoms with van der Waals surface area (Å²) in [6, 6.07) is 5.04. The largest absolute Gasteiger partial charge is 0.468 e. The Labute approximate surface area is 109 Å². The van der Waals surface area contributed by atoms with Crippen LogP contribution in [0.4, 0.5) is 0 Å². The molecule has 0 bridgehead atoms. The lowest BCUT2D eigenvalue weighted by Crippen LogP contribution is -2.27. The maximum Gasteiger partial charge on any atom is 0.319 e. The molecule has 0 atom stereocenters. The summed E-state index contributed by atoms with van der Waals surface area (Å²) in [4.78, 5) is 28.3. The van der Waals surface area contributed by atoms with Crippen LogP contribution in [-0.4, -0.2) is 23.8 Å². The lowest BCUT2D eigenvalue weighted by atomic mass is 9.94. The van der Waals surface area contributed by atoms with Crippen molar-refractivity contribution in [2.45, 2.75) is 19.8 Å². The minimum absolute atomic E-state index is 0.199. The van der Waals surface area contributed by atoms with Crippen molar-refractivity contribution in [2.75, 3.05) is 7.11 Å². The highest BCUT2D eigenvalue weighted by Crippen LogP contribution is 2.49. The molecule has 0 aliphatic heterocycles. The number of nitrogens with zero attached hydrogens (tertiary/aromatic N) is 1. The molecule has 0 spiro atoms. The zero-order chi connectivity index (χ0) is 13.6. The first-order valence-corrected chi connectivity index (χ1v) is 6.07. The van der Waals surface area contributed by atoms with Gasteiger partial charge in [-0.05, 0) is 31.0 Å². The van der Waals surface area contributed by atoms with Crippen molar-refractivity contribution in [2.24, 2.45) is 5.41 Å². The smallest absolute Gasteiger partial charge is 0.319 e. The molecule has 0 N–H and O–H groups in total. The molecule has 1 aromatic carbocycles. The van der Waals surface area contributed by atoms with Gasteiger partial charge in [-0.15, -0.1) is 0 Å². The number of carbonyl (C=O) groups excluding carboxylic acids is 2. The van der Waals surface area contributed by atoms with E-state index in [2.05, 4.69) is 4.98 Å². The summed E-state index contributed by atoms with van der Waals surface area (Å²) in [5, 5.41) is 0. The van der Waals surface area contributed by atoms with E-state index in [-0.39, 0.29) is 5.78 Å². The zero-order valence-electron chi connectivity index (χ0n) is 10.7. The molecule has 1 aliphatic rings. The van der Waals surface area contributed by atoms with Gasteiger partial charge in [-0.25, -0.2) is 4.98 Å². The number of methoxy groups -OCH3 is 1. The summed E-state index contributed by atoms with van der Waals surface area (Å²) in [5.41, 5.74) is 0.754. The number of aromatic nitrogens is 1. The van der Waals surface area contributed by atoms with Crippen LogP contribution in [0.1, 0.15) is 29.1 Å². The molecule has 5 heteroatoms. The van der Waals surface area contributed by atoms with Gasteiger partial charge in [0, 0.05) is 12.5 Å². The number of fused-ring (bicyclic) bond motifs is 1. The Morgan fingerprint density at radius 2 is 2.11 bits per heavy atom. The fourth-order valence-corrected chi connectivity index (χ4v) is 2.30. The molecule has 1 saturated carbocycles. The van der Waals surface area contributed by atoms with Crippen LogP contribution in [-0.2, 0) is 9.53 Å². The molecule has 19 heavy (non-hydrogen) atoms. The molecule has 1 aliphatic carbocycles. The second-order valence-electron chi connectivity index (χ2n) is 4.82. The number of carbonyl (C=O) groups is 2. The number of oxazole rings is 1.